The smallest absolute Gasteiger partial charge is 0.311 e. The zero-order valence-electron chi connectivity index (χ0n) is 16.5. The van der Waals surface area contributed by atoms with Crippen LogP contribution >= 0.6 is 11.8 Å². The Morgan fingerprint density at radius 3 is 3.00 bits per heavy atom. The molecular formula is C23H23N3O3S. The summed E-state index contributed by atoms with van der Waals surface area (Å²) in [4.78, 5) is 19.9. The Kier molecular flexibility index (Phi) is 5.21. The lowest BCUT2D eigenvalue weighted by Crippen LogP contribution is -2.43. The molecule has 2 aliphatic heterocycles. The van der Waals surface area contributed by atoms with Gasteiger partial charge in [-0.2, -0.15) is 11.8 Å². The maximum Gasteiger partial charge on any atom is 0.311 e. The van der Waals surface area contributed by atoms with Gasteiger partial charge >= 0.3 is 5.97 Å². The largest absolute Gasteiger partial charge is 0.846 e. The first-order valence-corrected chi connectivity index (χ1v) is 11.4. The number of H-pyrrole nitrogens is 1. The third kappa shape index (κ3) is 3.81. The number of thioether (sulfide) groups is 1. The first kappa shape index (κ1) is 19.2. The van der Waals surface area contributed by atoms with Crippen LogP contribution in [-0.4, -0.2) is 35.1 Å². The molecule has 0 saturated carbocycles. The van der Waals surface area contributed by atoms with Gasteiger partial charge in [0, 0.05) is 41.0 Å². The Bertz CT molecular complexity index is 1130. The summed E-state index contributed by atoms with van der Waals surface area (Å²) < 4.78 is 5.70. The van der Waals surface area contributed by atoms with Gasteiger partial charge < -0.3 is 15.2 Å². The van der Waals surface area contributed by atoms with Crippen molar-refractivity contribution in [3.05, 3.63) is 48.5 Å². The number of aliphatic imine (C=N–C) groups is 1. The number of rotatable bonds is 6. The number of nitrogens with one attached hydrogen (secondary N) is 2. The van der Waals surface area contributed by atoms with Crippen molar-refractivity contribution >= 4 is 45.6 Å². The number of aromatic nitrogens is 1. The van der Waals surface area contributed by atoms with E-state index in [0.29, 0.717) is 17.4 Å². The van der Waals surface area contributed by atoms with E-state index in [1.165, 1.54) is 0 Å². The van der Waals surface area contributed by atoms with Gasteiger partial charge in [-0.05, 0) is 31.0 Å². The number of esters is 1. The van der Waals surface area contributed by atoms with E-state index >= 15 is 0 Å². The van der Waals surface area contributed by atoms with Crippen molar-refractivity contribution in [1.29, 1.82) is 0 Å². The zero-order valence-corrected chi connectivity index (χ0v) is 17.3. The van der Waals surface area contributed by atoms with Gasteiger partial charge in [-0.1, -0.05) is 24.6 Å². The summed E-state index contributed by atoms with van der Waals surface area (Å²) in [6.07, 6.45) is 3.07. The monoisotopic (exact) mass is 421 g/mol. The fourth-order valence-corrected chi connectivity index (χ4v) is 5.81. The van der Waals surface area contributed by atoms with E-state index < -0.39 is 0 Å². The molecular weight excluding hydrogens is 398 g/mol. The second kappa shape index (κ2) is 8.14. The van der Waals surface area contributed by atoms with Crippen LogP contribution < -0.4 is 20.1 Å². The molecule has 3 aromatic rings. The molecule has 2 aromatic carbocycles. The summed E-state index contributed by atoms with van der Waals surface area (Å²) in [6, 6.07) is 15.9. The molecule has 0 radical (unpaired) electrons. The molecule has 0 spiro atoms. The maximum absolute atomic E-state index is 12.4. The van der Waals surface area contributed by atoms with Crippen LogP contribution in [0.4, 0.5) is 0 Å². The quantitative estimate of drug-likeness (QED) is 0.286. The van der Waals surface area contributed by atoms with Crippen LogP contribution in [0.1, 0.15) is 25.7 Å². The Morgan fingerprint density at radius 2 is 2.07 bits per heavy atom. The number of nitrogens with zero attached hydrogens (tertiary/aromatic N) is 1. The van der Waals surface area contributed by atoms with Crippen LogP contribution in [-0.2, 0) is 4.79 Å². The minimum absolute atomic E-state index is 0.122. The molecule has 5 rings (SSSR count). The normalized spacial score (nSPS) is 22.7. The Labute approximate surface area is 178 Å². The fourth-order valence-electron chi connectivity index (χ4n) is 4.29. The Hall–Kier alpha value is -2.80. The number of aromatic amines is 1. The van der Waals surface area contributed by atoms with Gasteiger partial charge in [-0.15, -0.1) is 0 Å². The van der Waals surface area contributed by atoms with Crippen molar-refractivity contribution in [3.63, 3.8) is 0 Å². The van der Waals surface area contributed by atoms with Gasteiger partial charge in [0.15, 0.2) is 0 Å². The van der Waals surface area contributed by atoms with E-state index in [2.05, 4.69) is 21.4 Å². The highest BCUT2D eigenvalue weighted by atomic mass is 32.2. The average molecular weight is 422 g/mol. The zero-order chi connectivity index (χ0) is 20.5. The molecule has 0 amide bonds. The van der Waals surface area contributed by atoms with Gasteiger partial charge in [0.05, 0.1) is 17.5 Å². The van der Waals surface area contributed by atoms with E-state index in [1.807, 2.05) is 54.2 Å². The number of amidine groups is 1. The summed E-state index contributed by atoms with van der Waals surface area (Å²) in [7, 11) is 0. The standard InChI is InChI=1S/C23H23N3O3S/c27-21(11-4-3-10-20-22-18(13-30-20)25-23(28)26-22)29-19-9-5-8-17-15(19)12-14-6-1-2-7-16(14)24-17/h1-2,5-9,12,18,20,22H,3-4,10-11,13H2,(H2,25,26,28)/t18-,20-,22-/m1/s1. The summed E-state index contributed by atoms with van der Waals surface area (Å²) in [6.45, 7) is 0. The minimum atomic E-state index is -0.211. The molecule has 0 bridgehead atoms. The fraction of sp³-hybridized carbons (Fsp3) is 0.348. The van der Waals surface area contributed by atoms with Crippen LogP contribution in [0, 0.1) is 0 Å². The molecule has 2 N–H and O–H groups in total. The molecule has 7 heteroatoms. The number of ether oxygens (including phenoxy) is 1. The molecule has 3 atom stereocenters. The summed E-state index contributed by atoms with van der Waals surface area (Å²) >= 11 is 1.87. The predicted octanol–water partition coefficient (Wildman–Crippen LogP) is 2.45. The van der Waals surface area contributed by atoms with Crippen molar-refractivity contribution < 1.29 is 19.6 Å². The topological polar surface area (TPSA) is 87.9 Å². The third-order valence-corrected chi connectivity index (χ3v) is 7.30. The molecule has 154 valence electrons. The van der Waals surface area contributed by atoms with Crippen molar-refractivity contribution in [1.82, 2.24) is 5.32 Å². The maximum atomic E-state index is 12.4. The van der Waals surface area contributed by atoms with Gasteiger partial charge in [0.1, 0.15) is 5.75 Å². The molecule has 1 saturated heterocycles. The van der Waals surface area contributed by atoms with Crippen LogP contribution in [0.15, 0.2) is 53.5 Å². The molecule has 6 nitrogen and oxygen atoms in total. The number of carbonyl (C=O) groups excluding carboxylic acids is 1. The highest BCUT2D eigenvalue weighted by molar-refractivity contribution is 8.00. The van der Waals surface area contributed by atoms with Crippen LogP contribution in [0.2, 0.25) is 0 Å². The first-order chi connectivity index (χ1) is 14.7. The highest BCUT2D eigenvalue weighted by Crippen LogP contribution is 2.34. The van der Waals surface area contributed by atoms with E-state index in [-0.39, 0.29) is 24.1 Å². The molecule has 30 heavy (non-hydrogen) atoms. The number of unbranched alkanes of at least 4 members (excludes halogenated alkanes) is 1. The number of hydrogen-bond acceptors (Lipinski definition) is 6. The van der Waals surface area contributed by atoms with Crippen molar-refractivity contribution in [3.8, 4) is 5.75 Å². The second-order valence-corrected chi connectivity index (χ2v) is 9.11. The van der Waals surface area contributed by atoms with E-state index in [4.69, 9.17) is 4.74 Å². The number of benzene rings is 2. The number of pyridine rings is 1. The Balaban J connectivity index is 1.17. The van der Waals surface area contributed by atoms with Gasteiger partial charge in [-0.25, -0.2) is 4.98 Å². The number of para-hydroxylation sites is 1. The lowest BCUT2D eigenvalue weighted by Gasteiger charge is -2.19. The first-order valence-electron chi connectivity index (χ1n) is 10.3. The average Bonchev–Trinajstić information content (AvgIpc) is 3.29. The van der Waals surface area contributed by atoms with Gasteiger partial charge in [0.25, 0.3) is 0 Å². The predicted molar refractivity (Wildman–Crippen MR) is 117 cm³/mol. The molecule has 3 heterocycles. The van der Waals surface area contributed by atoms with Crippen LogP contribution in [0.25, 0.3) is 21.8 Å². The van der Waals surface area contributed by atoms with E-state index in [1.54, 1.807) is 0 Å². The van der Waals surface area contributed by atoms with E-state index in [0.717, 1.165) is 46.8 Å². The van der Waals surface area contributed by atoms with Gasteiger partial charge in [-0.3, -0.25) is 9.79 Å². The summed E-state index contributed by atoms with van der Waals surface area (Å²) in [5, 5.41) is 16.7. The molecule has 1 aromatic heterocycles. The van der Waals surface area contributed by atoms with Crippen molar-refractivity contribution in [2.75, 3.05) is 5.75 Å². The molecule has 0 aliphatic carbocycles. The summed E-state index contributed by atoms with van der Waals surface area (Å²) in [5.74, 6) is 1.28. The minimum Gasteiger partial charge on any atom is -0.846 e. The van der Waals surface area contributed by atoms with Crippen molar-refractivity contribution in [2.24, 2.45) is 4.99 Å². The lowest BCUT2D eigenvalue weighted by molar-refractivity contribution is -0.310. The van der Waals surface area contributed by atoms with Crippen LogP contribution in [0.3, 0.4) is 0 Å². The van der Waals surface area contributed by atoms with Gasteiger partial charge in [0.2, 0.25) is 11.0 Å². The van der Waals surface area contributed by atoms with E-state index in [9.17, 15) is 9.90 Å². The second-order valence-electron chi connectivity index (χ2n) is 7.84. The lowest BCUT2D eigenvalue weighted by atomic mass is 10.0. The molecule has 2 aliphatic rings. The molecule has 0 unspecified atom stereocenters. The number of hydrogen-bond donors (Lipinski definition) is 1. The third-order valence-electron chi connectivity index (χ3n) is 5.81. The molecule has 1 fully saturated rings. The number of carbonyl (C=O) groups is 1. The van der Waals surface area contributed by atoms with Crippen LogP contribution in [0.5, 0.6) is 5.75 Å². The van der Waals surface area contributed by atoms with Crippen molar-refractivity contribution in [2.45, 2.75) is 43.0 Å². The SMILES string of the molecule is O=C(CCCC[C@H]1SC[C@H]2N=C([O-])N[C@H]21)Oc1cccc2[nH+]c3ccccc3cc12. The number of fused-ring (bicyclic) bond motifs is 3. The summed E-state index contributed by atoms with van der Waals surface area (Å²) in [5.41, 5.74) is 1.99. The highest BCUT2D eigenvalue weighted by Gasteiger charge is 2.38. The Morgan fingerprint density at radius 1 is 1.20 bits per heavy atom.